The maximum Gasteiger partial charge on any atom is 0.261 e. The quantitative estimate of drug-likeness (QED) is 0.634. The SMILES string of the molecule is CCc1[nH]c(=O)c(C(=O)NCC#N)cc1I. The van der Waals surface area contributed by atoms with Crippen molar-refractivity contribution in [1.82, 2.24) is 10.3 Å². The molecule has 0 saturated heterocycles. The minimum atomic E-state index is -0.525. The first-order chi connectivity index (χ1) is 7.60. The van der Waals surface area contributed by atoms with Gasteiger partial charge in [0.05, 0.1) is 6.07 Å². The molecule has 6 heteroatoms. The molecule has 1 aromatic heterocycles. The molecule has 2 N–H and O–H groups in total. The van der Waals surface area contributed by atoms with E-state index >= 15 is 0 Å². The van der Waals surface area contributed by atoms with Crippen LogP contribution in [-0.2, 0) is 6.42 Å². The van der Waals surface area contributed by atoms with Crippen molar-refractivity contribution >= 4 is 28.5 Å². The third kappa shape index (κ3) is 2.82. The van der Waals surface area contributed by atoms with E-state index in [-0.39, 0.29) is 12.1 Å². The first-order valence-electron chi connectivity index (χ1n) is 4.67. The fourth-order valence-electron chi connectivity index (χ4n) is 1.18. The molecule has 0 aliphatic carbocycles. The number of aryl methyl sites for hydroxylation is 1. The van der Waals surface area contributed by atoms with Crippen molar-refractivity contribution in [3.8, 4) is 6.07 Å². The lowest BCUT2D eigenvalue weighted by atomic mass is 10.2. The van der Waals surface area contributed by atoms with E-state index in [4.69, 9.17) is 5.26 Å². The number of nitriles is 1. The van der Waals surface area contributed by atoms with Crippen LogP contribution in [0.2, 0.25) is 0 Å². The molecule has 16 heavy (non-hydrogen) atoms. The smallest absolute Gasteiger partial charge is 0.261 e. The van der Waals surface area contributed by atoms with E-state index in [0.29, 0.717) is 6.42 Å². The number of nitrogens with zero attached hydrogens (tertiary/aromatic N) is 1. The molecule has 0 fully saturated rings. The van der Waals surface area contributed by atoms with E-state index in [9.17, 15) is 9.59 Å². The summed E-state index contributed by atoms with van der Waals surface area (Å²) in [5, 5.41) is 10.6. The molecule has 0 atom stereocenters. The van der Waals surface area contributed by atoms with Gasteiger partial charge in [0, 0.05) is 9.26 Å². The lowest BCUT2D eigenvalue weighted by Gasteiger charge is -2.04. The summed E-state index contributed by atoms with van der Waals surface area (Å²) in [4.78, 5) is 25.7. The third-order valence-electron chi connectivity index (χ3n) is 1.99. The highest BCUT2D eigenvalue weighted by molar-refractivity contribution is 14.1. The minimum Gasteiger partial charge on any atom is -0.339 e. The number of amides is 1. The lowest BCUT2D eigenvalue weighted by molar-refractivity contribution is 0.0957. The Balaban J connectivity index is 3.07. The van der Waals surface area contributed by atoms with Crippen molar-refractivity contribution in [2.45, 2.75) is 13.3 Å². The molecular formula is C10H10IN3O2. The summed E-state index contributed by atoms with van der Waals surface area (Å²) in [7, 11) is 0. The normalized spacial score (nSPS) is 9.56. The van der Waals surface area contributed by atoms with Gasteiger partial charge < -0.3 is 10.3 Å². The lowest BCUT2D eigenvalue weighted by Crippen LogP contribution is -2.30. The molecule has 0 radical (unpaired) electrons. The largest absolute Gasteiger partial charge is 0.339 e. The zero-order valence-electron chi connectivity index (χ0n) is 8.63. The number of hydrogen-bond acceptors (Lipinski definition) is 3. The number of aromatic nitrogens is 1. The highest BCUT2D eigenvalue weighted by Crippen LogP contribution is 2.09. The number of H-pyrrole nitrogens is 1. The van der Waals surface area contributed by atoms with Crippen molar-refractivity contribution in [2.24, 2.45) is 0 Å². The van der Waals surface area contributed by atoms with Crippen LogP contribution in [-0.4, -0.2) is 17.4 Å². The second-order valence-corrected chi connectivity index (χ2v) is 4.20. The first kappa shape index (κ1) is 12.7. The second kappa shape index (κ2) is 5.65. The average molecular weight is 331 g/mol. The van der Waals surface area contributed by atoms with E-state index in [2.05, 4.69) is 32.9 Å². The van der Waals surface area contributed by atoms with Gasteiger partial charge in [-0.1, -0.05) is 6.92 Å². The van der Waals surface area contributed by atoms with Crippen LogP contribution in [0.5, 0.6) is 0 Å². The van der Waals surface area contributed by atoms with Crippen molar-refractivity contribution in [3.63, 3.8) is 0 Å². The molecule has 0 aromatic carbocycles. The van der Waals surface area contributed by atoms with E-state index in [0.717, 1.165) is 9.26 Å². The number of hydrogen-bond donors (Lipinski definition) is 2. The molecule has 1 rings (SSSR count). The predicted octanol–water partition coefficient (Wildman–Crippen LogP) is 0.795. The van der Waals surface area contributed by atoms with E-state index in [1.54, 1.807) is 6.07 Å². The Bertz CT molecular complexity index is 502. The molecule has 0 bridgehead atoms. The van der Waals surface area contributed by atoms with Crippen LogP contribution in [0.15, 0.2) is 10.9 Å². The Morgan fingerprint density at radius 2 is 2.38 bits per heavy atom. The minimum absolute atomic E-state index is 0.0388. The second-order valence-electron chi connectivity index (χ2n) is 3.03. The zero-order valence-corrected chi connectivity index (χ0v) is 10.8. The molecule has 0 spiro atoms. The molecule has 1 amide bonds. The summed E-state index contributed by atoms with van der Waals surface area (Å²) in [5.74, 6) is -0.525. The summed E-state index contributed by atoms with van der Waals surface area (Å²) >= 11 is 2.06. The third-order valence-corrected chi connectivity index (χ3v) is 2.96. The summed E-state index contributed by atoms with van der Waals surface area (Å²) in [6, 6.07) is 3.31. The van der Waals surface area contributed by atoms with Gasteiger partial charge in [0.2, 0.25) is 0 Å². The Kier molecular flexibility index (Phi) is 4.49. The van der Waals surface area contributed by atoms with Crippen LogP contribution in [0.4, 0.5) is 0 Å². The fourth-order valence-corrected chi connectivity index (χ4v) is 2.01. The van der Waals surface area contributed by atoms with Gasteiger partial charge in [-0.3, -0.25) is 9.59 Å². The van der Waals surface area contributed by atoms with Crippen LogP contribution in [0.1, 0.15) is 23.0 Å². The van der Waals surface area contributed by atoms with Crippen molar-refractivity contribution in [2.75, 3.05) is 6.54 Å². The number of rotatable bonds is 3. The Hall–Kier alpha value is -1.36. The number of nitrogens with one attached hydrogen (secondary N) is 2. The van der Waals surface area contributed by atoms with Crippen LogP contribution < -0.4 is 10.9 Å². The number of carbonyl (C=O) groups excluding carboxylic acids is 1. The van der Waals surface area contributed by atoms with Crippen molar-refractivity contribution in [1.29, 1.82) is 5.26 Å². The number of halogens is 1. The molecule has 0 saturated carbocycles. The van der Waals surface area contributed by atoms with Crippen LogP contribution in [0.25, 0.3) is 0 Å². The maximum absolute atomic E-state index is 11.6. The van der Waals surface area contributed by atoms with Gasteiger partial charge in [-0.05, 0) is 35.1 Å². The van der Waals surface area contributed by atoms with Gasteiger partial charge in [0.25, 0.3) is 11.5 Å². The summed E-state index contributed by atoms with van der Waals surface area (Å²) in [5.41, 5.74) is 0.423. The fraction of sp³-hybridized carbons (Fsp3) is 0.300. The number of carbonyl (C=O) groups is 1. The van der Waals surface area contributed by atoms with E-state index in [1.807, 2.05) is 6.92 Å². The summed E-state index contributed by atoms with van der Waals surface area (Å²) in [6.07, 6.45) is 0.702. The van der Waals surface area contributed by atoms with Crippen molar-refractivity contribution in [3.05, 3.63) is 31.2 Å². The Morgan fingerprint density at radius 3 is 2.94 bits per heavy atom. The average Bonchev–Trinajstić information content (AvgIpc) is 2.28. The topological polar surface area (TPSA) is 85.8 Å². The van der Waals surface area contributed by atoms with Crippen molar-refractivity contribution < 1.29 is 4.79 Å². The van der Waals surface area contributed by atoms with Gasteiger partial charge in [-0.15, -0.1) is 0 Å². The first-order valence-corrected chi connectivity index (χ1v) is 5.74. The maximum atomic E-state index is 11.6. The Morgan fingerprint density at radius 1 is 1.69 bits per heavy atom. The van der Waals surface area contributed by atoms with Crippen LogP contribution in [0.3, 0.4) is 0 Å². The number of pyridine rings is 1. The molecule has 84 valence electrons. The van der Waals surface area contributed by atoms with Gasteiger partial charge in [-0.25, -0.2) is 0 Å². The molecule has 0 unspecified atom stereocenters. The van der Waals surface area contributed by atoms with Gasteiger partial charge in [0.15, 0.2) is 0 Å². The standard InChI is InChI=1S/C10H10IN3O2/c1-2-8-7(11)5-6(10(16)14-8)9(15)13-4-3-12/h5H,2,4H2,1H3,(H,13,15)(H,14,16). The van der Waals surface area contributed by atoms with Gasteiger partial charge in [0.1, 0.15) is 12.1 Å². The van der Waals surface area contributed by atoms with Crippen LogP contribution in [0, 0.1) is 14.9 Å². The summed E-state index contributed by atoms with van der Waals surface area (Å²) in [6.45, 7) is 1.81. The summed E-state index contributed by atoms with van der Waals surface area (Å²) < 4.78 is 0.835. The van der Waals surface area contributed by atoms with Crippen LogP contribution >= 0.6 is 22.6 Å². The predicted molar refractivity (Wildman–Crippen MR) is 67.1 cm³/mol. The molecular weight excluding hydrogens is 321 g/mol. The number of aromatic amines is 1. The highest BCUT2D eigenvalue weighted by Gasteiger charge is 2.12. The molecule has 5 nitrogen and oxygen atoms in total. The van der Waals surface area contributed by atoms with E-state index < -0.39 is 11.5 Å². The molecule has 0 aliphatic heterocycles. The molecule has 1 heterocycles. The van der Waals surface area contributed by atoms with Gasteiger partial charge >= 0.3 is 0 Å². The molecule has 0 aliphatic rings. The van der Waals surface area contributed by atoms with Gasteiger partial charge in [-0.2, -0.15) is 5.26 Å². The monoisotopic (exact) mass is 331 g/mol. The molecule has 1 aromatic rings. The van der Waals surface area contributed by atoms with E-state index in [1.165, 1.54) is 6.07 Å². The zero-order chi connectivity index (χ0) is 12.1. The Labute approximate surface area is 106 Å². The highest BCUT2D eigenvalue weighted by atomic mass is 127.